The third-order valence-corrected chi connectivity index (χ3v) is 3.51. The summed E-state index contributed by atoms with van der Waals surface area (Å²) < 4.78 is 0. The van der Waals surface area contributed by atoms with Gasteiger partial charge in [-0.15, -0.1) is 0 Å². The minimum absolute atomic E-state index is 0.792. The maximum Gasteiger partial charge on any atom is 0.191 e. The van der Waals surface area contributed by atoms with Crippen molar-refractivity contribution in [3.05, 3.63) is 0 Å². The minimum Gasteiger partial charge on any atom is -0.356 e. The van der Waals surface area contributed by atoms with Gasteiger partial charge in [-0.3, -0.25) is 4.99 Å². The van der Waals surface area contributed by atoms with Crippen LogP contribution in [0.1, 0.15) is 26.2 Å². The molecule has 0 saturated carbocycles. The van der Waals surface area contributed by atoms with Gasteiger partial charge in [0.1, 0.15) is 0 Å². The molecule has 4 heteroatoms. The molecule has 0 spiro atoms. The van der Waals surface area contributed by atoms with Crippen LogP contribution in [0.25, 0.3) is 0 Å². The van der Waals surface area contributed by atoms with Gasteiger partial charge >= 0.3 is 0 Å². The van der Waals surface area contributed by atoms with Crippen molar-refractivity contribution in [3.8, 4) is 0 Å². The van der Waals surface area contributed by atoms with Crippen molar-refractivity contribution < 1.29 is 0 Å². The van der Waals surface area contributed by atoms with Gasteiger partial charge in [-0.1, -0.05) is 6.92 Å². The van der Waals surface area contributed by atoms with Crippen molar-refractivity contribution >= 4 is 5.96 Å². The Kier molecular flexibility index (Phi) is 4.45. The molecular weight excluding hydrogens is 200 g/mol. The fourth-order valence-corrected chi connectivity index (χ4v) is 2.50. The Morgan fingerprint density at radius 2 is 2.44 bits per heavy atom. The van der Waals surface area contributed by atoms with E-state index in [1.165, 1.54) is 32.5 Å². The Balaban J connectivity index is 1.70. The van der Waals surface area contributed by atoms with Crippen LogP contribution >= 0.6 is 0 Å². The molecule has 0 aromatic heterocycles. The summed E-state index contributed by atoms with van der Waals surface area (Å²) in [5.74, 6) is 1.81. The molecule has 1 saturated heterocycles. The maximum atomic E-state index is 4.43. The summed E-state index contributed by atoms with van der Waals surface area (Å²) in [6.07, 6.45) is 3.87. The molecule has 16 heavy (non-hydrogen) atoms. The predicted octanol–water partition coefficient (Wildman–Crippen LogP) is 0.657. The average molecular weight is 224 g/mol. The number of nitrogens with one attached hydrogen (secondary N) is 2. The van der Waals surface area contributed by atoms with E-state index in [0.29, 0.717) is 0 Å². The quantitative estimate of drug-likeness (QED) is 0.740. The third kappa shape index (κ3) is 3.37. The lowest BCUT2D eigenvalue weighted by atomic mass is 9.98. The molecule has 1 fully saturated rings. The first-order chi connectivity index (χ1) is 7.88. The molecule has 0 aromatic carbocycles. The fourth-order valence-electron chi connectivity index (χ4n) is 2.50. The highest BCUT2D eigenvalue weighted by Crippen LogP contribution is 2.15. The van der Waals surface area contributed by atoms with Crippen molar-refractivity contribution in [1.82, 2.24) is 15.5 Å². The lowest BCUT2D eigenvalue weighted by Gasteiger charge is -2.32. The van der Waals surface area contributed by atoms with Gasteiger partial charge in [0.05, 0.1) is 0 Å². The van der Waals surface area contributed by atoms with E-state index in [-0.39, 0.29) is 0 Å². The van der Waals surface area contributed by atoms with Gasteiger partial charge in [0, 0.05) is 26.2 Å². The molecule has 2 aliphatic heterocycles. The number of guanidine groups is 1. The van der Waals surface area contributed by atoms with Crippen LogP contribution in [0, 0.1) is 5.92 Å². The lowest BCUT2D eigenvalue weighted by molar-refractivity contribution is 0.183. The molecule has 2 N–H and O–H groups in total. The smallest absolute Gasteiger partial charge is 0.191 e. The SMILES string of the molecule is CCN1CCC[C@@H](CNC2=NCCCN2)C1. The van der Waals surface area contributed by atoms with Gasteiger partial charge < -0.3 is 15.5 Å². The summed E-state index contributed by atoms with van der Waals surface area (Å²) in [5, 5.41) is 6.76. The summed E-state index contributed by atoms with van der Waals surface area (Å²) in [6, 6.07) is 0. The fraction of sp³-hybridized carbons (Fsp3) is 0.917. The minimum atomic E-state index is 0.792. The van der Waals surface area contributed by atoms with E-state index in [2.05, 4.69) is 27.4 Å². The monoisotopic (exact) mass is 224 g/mol. The number of aliphatic imine (C=N–C) groups is 1. The summed E-state index contributed by atoms with van der Waals surface area (Å²) in [7, 11) is 0. The highest BCUT2D eigenvalue weighted by atomic mass is 15.2. The Labute approximate surface area is 98.5 Å². The number of hydrogen-bond donors (Lipinski definition) is 2. The van der Waals surface area contributed by atoms with E-state index in [4.69, 9.17) is 0 Å². The van der Waals surface area contributed by atoms with Gasteiger partial charge in [-0.05, 0) is 38.3 Å². The summed E-state index contributed by atoms with van der Waals surface area (Å²) in [6.45, 7) is 9.09. The number of nitrogens with zero attached hydrogens (tertiary/aromatic N) is 2. The molecule has 2 aliphatic rings. The maximum absolute atomic E-state index is 4.43. The van der Waals surface area contributed by atoms with Crippen molar-refractivity contribution in [2.24, 2.45) is 10.9 Å². The van der Waals surface area contributed by atoms with E-state index in [1.807, 2.05) is 0 Å². The van der Waals surface area contributed by atoms with Gasteiger partial charge in [0.2, 0.25) is 0 Å². The zero-order valence-corrected chi connectivity index (χ0v) is 10.3. The zero-order valence-electron chi connectivity index (χ0n) is 10.3. The summed E-state index contributed by atoms with van der Waals surface area (Å²) >= 11 is 0. The second kappa shape index (κ2) is 6.09. The van der Waals surface area contributed by atoms with Crippen molar-refractivity contribution in [2.45, 2.75) is 26.2 Å². The van der Waals surface area contributed by atoms with Crippen LogP contribution in [0.5, 0.6) is 0 Å². The molecule has 0 amide bonds. The van der Waals surface area contributed by atoms with Gasteiger partial charge in [-0.25, -0.2) is 0 Å². The Bertz CT molecular complexity index is 239. The first-order valence-electron chi connectivity index (χ1n) is 6.63. The molecule has 0 radical (unpaired) electrons. The third-order valence-electron chi connectivity index (χ3n) is 3.51. The van der Waals surface area contributed by atoms with E-state index in [0.717, 1.165) is 37.9 Å². The molecular formula is C12H24N4. The van der Waals surface area contributed by atoms with Crippen molar-refractivity contribution in [2.75, 3.05) is 39.3 Å². The lowest BCUT2D eigenvalue weighted by Crippen LogP contribution is -2.45. The molecule has 0 bridgehead atoms. The van der Waals surface area contributed by atoms with Gasteiger partial charge in [0.25, 0.3) is 0 Å². The second-order valence-corrected chi connectivity index (χ2v) is 4.79. The molecule has 4 nitrogen and oxygen atoms in total. The zero-order chi connectivity index (χ0) is 11.2. The van der Waals surface area contributed by atoms with Crippen LogP contribution < -0.4 is 10.6 Å². The number of piperidine rings is 1. The molecule has 2 rings (SSSR count). The van der Waals surface area contributed by atoms with Crippen LogP contribution in [-0.2, 0) is 0 Å². The van der Waals surface area contributed by atoms with Crippen LogP contribution in [0.4, 0.5) is 0 Å². The van der Waals surface area contributed by atoms with Crippen LogP contribution in [-0.4, -0.2) is 50.1 Å². The topological polar surface area (TPSA) is 39.7 Å². The molecule has 0 aliphatic carbocycles. The van der Waals surface area contributed by atoms with Crippen LogP contribution in [0.3, 0.4) is 0 Å². The highest BCUT2D eigenvalue weighted by Gasteiger charge is 2.18. The molecule has 0 aromatic rings. The second-order valence-electron chi connectivity index (χ2n) is 4.79. The van der Waals surface area contributed by atoms with E-state index < -0.39 is 0 Å². The predicted molar refractivity (Wildman–Crippen MR) is 67.8 cm³/mol. The van der Waals surface area contributed by atoms with Crippen molar-refractivity contribution in [1.29, 1.82) is 0 Å². The Morgan fingerprint density at radius 3 is 3.19 bits per heavy atom. The summed E-state index contributed by atoms with van der Waals surface area (Å²) in [5.41, 5.74) is 0. The Hall–Kier alpha value is -0.770. The molecule has 2 heterocycles. The van der Waals surface area contributed by atoms with Gasteiger partial charge in [0.15, 0.2) is 5.96 Å². The van der Waals surface area contributed by atoms with Gasteiger partial charge in [-0.2, -0.15) is 0 Å². The van der Waals surface area contributed by atoms with E-state index in [9.17, 15) is 0 Å². The number of likely N-dealkylation sites (tertiary alicyclic amines) is 1. The van der Waals surface area contributed by atoms with Crippen LogP contribution in [0.2, 0.25) is 0 Å². The Morgan fingerprint density at radius 1 is 1.50 bits per heavy atom. The first-order valence-corrected chi connectivity index (χ1v) is 6.63. The molecule has 0 unspecified atom stereocenters. The van der Waals surface area contributed by atoms with Crippen molar-refractivity contribution in [3.63, 3.8) is 0 Å². The molecule has 92 valence electrons. The van der Waals surface area contributed by atoms with E-state index in [1.54, 1.807) is 0 Å². The average Bonchev–Trinajstić information content (AvgIpc) is 2.38. The highest BCUT2D eigenvalue weighted by molar-refractivity contribution is 5.80. The molecule has 1 atom stereocenters. The standard InChI is InChI=1S/C12H24N4/c1-2-16-8-3-5-11(10-16)9-15-12-13-6-4-7-14-12/h11H,2-10H2,1H3,(H2,13,14,15)/t11-/m0/s1. The first kappa shape index (κ1) is 11.7. The normalized spacial score (nSPS) is 27.1. The number of hydrogen-bond acceptors (Lipinski definition) is 4. The van der Waals surface area contributed by atoms with E-state index >= 15 is 0 Å². The van der Waals surface area contributed by atoms with Crippen LogP contribution in [0.15, 0.2) is 4.99 Å². The largest absolute Gasteiger partial charge is 0.356 e. The summed E-state index contributed by atoms with van der Waals surface area (Å²) in [4.78, 5) is 6.98. The number of rotatable bonds is 3.